The molecule has 0 spiro atoms. The summed E-state index contributed by atoms with van der Waals surface area (Å²) in [6, 6.07) is 3.90. The Kier molecular flexibility index (Phi) is 4.79. The zero-order valence-corrected chi connectivity index (χ0v) is 13.6. The molecule has 2 rings (SSSR count). The van der Waals surface area contributed by atoms with Crippen LogP contribution >= 0.6 is 0 Å². The lowest BCUT2D eigenvalue weighted by molar-refractivity contribution is 0.00258. The number of fused-ring (bicyclic) bond motifs is 1. The Bertz CT molecular complexity index is 496. The van der Waals surface area contributed by atoms with E-state index in [2.05, 4.69) is 0 Å². The van der Waals surface area contributed by atoms with Crippen LogP contribution < -0.4 is 9.47 Å². The van der Waals surface area contributed by atoms with Crippen LogP contribution in [0.2, 0.25) is 0 Å². The Morgan fingerprint density at radius 3 is 2.71 bits per heavy atom. The van der Waals surface area contributed by atoms with E-state index in [1.807, 2.05) is 32.9 Å². The van der Waals surface area contributed by atoms with Gasteiger partial charge < -0.3 is 19.3 Å². The number of hydrogen-bond acceptors (Lipinski definition) is 4. The first-order chi connectivity index (χ1) is 9.86. The summed E-state index contributed by atoms with van der Waals surface area (Å²) in [5.41, 5.74) is 1.69. The minimum Gasteiger partial charge on any atom is -0.496 e. The normalized spacial score (nSPS) is 19.0. The smallest absolute Gasteiger partial charge is 0.125 e. The number of hydrogen-bond donors (Lipinski definition) is 1. The molecular formula is C17H26O4. The van der Waals surface area contributed by atoms with Gasteiger partial charge in [-0.2, -0.15) is 0 Å². The quantitative estimate of drug-likeness (QED) is 0.875. The van der Waals surface area contributed by atoms with E-state index < -0.39 is 6.10 Å². The minimum absolute atomic E-state index is 0.185. The van der Waals surface area contributed by atoms with E-state index in [0.29, 0.717) is 6.42 Å². The van der Waals surface area contributed by atoms with E-state index in [1.54, 1.807) is 14.2 Å². The third-order valence-corrected chi connectivity index (χ3v) is 4.18. The van der Waals surface area contributed by atoms with E-state index in [-0.39, 0.29) is 11.7 Å². The summed E-state index contributed by atoms with van der Waals surface area (Å²) >= 11 is 0. The summed E-state index contributed by atoms with van der Waals surface area (Å²) in [5, 5.41) is 10.5. The van der Waals surface area contributed by atoms with Crippen molar-refractivity contribution in [1.29, 1.82) is 0 Å². The van der Waals surface area contributed by atoms with Crippen molar-refractivity contribution in [3.8, 4) is 11.5 Å². The number of aliphatic hydroxyl groups is 1. The zero-order valence-electron chi connectivity index (χ0n) is 13.6. The van der Waals surface area contributed by atoms with Crippen LogP contribution in [0.25, 0.3) is 0 Å². The van der Waals surface area contributed by atoms with E-state index >= 15 is 0 Å². The van der Waals surface area contributed by atoms with Crippen LogP contribution in [0.1, 0.15) is 50.8 Å². The second kappa shape index (κ2) is 6.24. The van der Waals surface area contributed by atoms with Crippen LogP contribution in [0.3, 0.4) is 0 Å². The van der Waals surface area contributed by atoms with Gasteiger partial charge in [0, 0.05) is 24.7 Å². The molecule has 4 heteroatoms. The summed E-state index contributed by atoms with van der Waals surface area (Å²) < 4.78 is 16.6. The second-order valence-electron chi connectivity index (χ2n) is 6.35. The SMILES string of the molecule is COc1cc2c(cc1C(O)CCC(C)(C)OC)OC(C)C2. The minimum atomic E-state index is -0.584. The predicted molar refractivity (Wildman–Crippen MR) is 82.1 cm³/mol. The van der Waals surface area contributed by atoms with Gasteiger partial charge in [0.2, 0.25) is 0 Å². The maximum absolute atomic E-state index is 10.5. The van der Waals surface area contributed by atoms with E-state index in [1.165, 1.54) is 0 Å². The third-order valence-electron chi connectivity index (χ3n) is 4.18. The standard InChI is InChI=1S/C17H26O4/c1-11-8-12-9-16(19-4)13(10-15(12)21-11)14(18)6-7-17(2,3)20-5/h9-11,14,18H,6-8H2,1-5H3. The summed E-state index contributed by atoms with van der Waals surface area (Å²) in [6.07, 6.45) is 1.87. The van der Waals surface area contributed by atoms with E-state index in [0.717, 1.165) is 35.5 Å². The van der Waals surface area contributed by atoms with Crippen LogP contribution in [-0.2, 0) is 11.2 Å². The van der Waals surface area contributed by atoms with Crippen molar-refractivity contribution >= 4 is 0 Å². The molecule has 0 aliphatic carbocycles. The molecule has 1 heterocycles. The second-order valence-corrected chi connectivity index (χ2v) is 6.35. The maximum atomic E-state index is 10.5. The number of rotatable bonds is 6. The van der Waals surface area contributed by atoms with Crippen molar-refractivity contribution in [3.63, 3.8) is 0 Å². The van der Waals surface area contributed by atoms with Crippen molar-refractivity contribution in [2.24, 2.45) is 0 Å². The lowest BCUT2D eigenvalue weighted by Crippen LogP contribution is -2.23. The molecule has 1 aromatic carbocycles. The van der Waals surface area contributed by atoms with Crippen molar-refractivity contribution < 1.29 is 19.3 Å². The van der Waals surface area contributed by atoms with Crippen molar-refractivity contribution in [1.82, 2.24) is 0 Å². The largest absolute Gasteiger partial charge is 0.496 e. The fourth-order valence-corrected chi connectivity index (χ4v) is 2.63. The topological polar surface area (TPSA) is 47.9 Å². The Hall–Kier alpha value is -1.26. The van der Waals surface area contributed by atoms with Gasteiger partial charge in [0.15, 0.2) is 0 Å². The zero-order chi connectivity index (χ0) is 15.6. The van der Waals surface area contributed by atoms with Crippen LogP contribution in [0, 0.1) is 0 Å². The monoisotopic (exact) mass is 294 g/mol. The van der Waals surface area contributed by atoms with Gasteiger partial charge >= 0.3 is 0 Å². The van der Waals surface area contributed by atoms with Crippen molar-refractivity contribution in [2.75, 3.05) is 14.2 Å². The first-order valence-corrected chi connectivity index (χ1v) is 7.47. The number of benzene rings is 1. The Balaban J connectivity index is 2.17. The lowest BCUT2D eigenvalue weighted by atomic mass is 9.95. The molecule has 0 saturated heterocycles. The molecule has 4 nitrogen and oxygen atoms in total. The first kappa shape index (κ1) is 16.1. The first-order valence-electron chi connectivity index (χ1n) is 7.47. The molecule has 118 valence electrons. The van der Waals surface area contributed by atoms with Crippen LogP contribution in [-0.4, -0.2) is 31.0 Å². The molecule has 1 aliphatic rings. The van der Waals surface area contributed by atoms with Crippen molar-refractivity contribution in [2.45, 2.75) is 57.8 Å². The average molecular weight is 294 g/mol. The highest BCUT2D eigenvalue weighted by atomic mass is 16.5. The van der Waals surface area contributed by atoms with Crippen LogP contribution in [0.5, 0.6) is 11.5 Å². The molecule has 2 atom stereocenters. The van der Waals surface area contributed by atoms with Gasteiger partial charge in [-0.1, -0.05) is 0 Å². The molecule has 1 aliphatic heterocycles. The van der Waals surface area contributed by atoms with Gasteiger partial charge in [0.05, 0.1) is 18.8 Å². The molecule has 0 fully saturated rings. The van der Waals surface area contributed by atoms with E-state index in [9.17, 15) is 5.11 Å². The molecule has 1 N–H and O–H groups in total. The van der Waals surface area contributed by atoms with E-state index in [4.69, 9.17) is 14.2 Å². The number of ether oxygens (including phenoxy) is 3. The fourth-order valence-electron chi connectivity index (χ4n) is 2.63. The molecule has 0 radical (unpaired) electrons. The Morgan fingerprint density at radius 1 is 1.38 bits per heavy atom. The summed E-state index contributed by atoms with van der Waals surface area (Å²) in [6.45, 7) is 6.08. The summed E-state index contributed by atoms with van der Waals surface area (Å²) in [7, 11) is 3.33. The van der Waals surface area contributed by atoms with Gasteiger partial charge in [-0.15, -0.1) is 0 Å². The predicted octanol–water partition coefficient (Wildman–Crippen LogP) is 3.26. The van der Waals surface area contributed by atoms with Crippen LogP contribution in [0.15, 0.2) is 12.1 Å². The van der Waals surface area contributed by atoms with Gasteiger partial charge in [-0.25, -0.2) is 0 Å². The third kappa shape index (κ3) is 3.69. The van der Waals surface area contributed by atoms with Gasteiger partial charge in [-0.05, 0) is 45.7 Å². The Labute approximate surface area is 127 Å². The molecule has 0 amide bonds. The summed E-state index contributed by atoms with van der Waals surface area (Å²) in [5.74, 6) is 1.59. The average Bonchev–Trinajstić information content (AvgIpc) is 2.82. The highest BCUT2D eigenvalue weighted by Gasteiger charge is 2.25. The Morgan fingerprint density at radius 2 is 2.10 bits per heavy atom. The van der Waals surface area contributed by atoms with Gasteiger partial charge in [-0.3, -0.25) is 0 Å². The molecule has 0 aromatic heterocycles. The van der Waals surface area contributed by atoms with Gasteiger partial charge in [0.1, 0.15) is 17.6 Å². The molecular weight excluding hydrogens is 268 g/mol. The molecule has 1 aromatic rings. The molecule has 0 bridgehead atoms. The molecule has 2 unspecified atom stereocenters. The van der Waals surface area contributed by atoms with Crippen LogP contribution in [0.4, 0.5) is 0 Å². The molecule has 0 saturated carbocycles. The lowest BCUT2D eigenvalue weighted by Gasteiger charge is -2.25. The highest BCUT2D eigenvalue weighted by Crippen LogP contribution is 2.39. The number of aliphatic hydroxyl groups excluding tert-OH is 1. The summed E-state index contributed by atoms with van der Waals surface area (Å²) in [4.78, 5) is 0. The highest BCUT2D eigenvalue weighted by molar-refractivity contribution is 5.49. The molecule has 21 heavy (non-hydrogen) atoms. The van der Waals surface area contributed by atoms with Crippen molar-refractivity contribution in [3.05, 3.63) is 23.3 Å². The van der Waals surface area contributed by atoms with Gasteiger partial charge in [0.25, 0.3) is 0 Å². The fraction of sp³-hybridized carbons (Fsp3) is 0.647. The maximum Gasteiger partial charge on any atom is 0.125 e. The number of methoxy groups -OCH3 is 2.